The van der Waals surface area contributed by atoms with Crippen molar-refractivity contribution in [1.82, 2.24) is 9.97 Å². The van der Waals surface area contributed by atoms with E-state index in [0.717, 1.165) is 12.1 Å². The van der Waals surface area contributed by atoms with Crippen LogP contribution in [0.4, 0.5) is 17.3 Å². The van der Waals surface area contributed by atoms with Gasteiger partial charge in [-0.15, -0.1) is 0 Å². The summed E-state index contributed by atoms with van der Waals surface area (Å²) in [4.78, 5) is 7.96. The maximum Gasteiger partial charge on any atom is 0.135 e. The number of anilines is 3. The van der Waals surface area contributed by atoms with Gasteiger partial charge in [0.2, 0.25) is 0 Å². The van der Waals surface area contributed by atoms with Crippen molar-refractivity contribution in [1.29, 1.82) is 0 Å². The number of hydrogen-bond donors (Lipinski definition) is 2. The fourth-order valence-corrected chi connectivity index (χ4v) is 1.53. The summed E-state index contributed by atoms with van der Waals surface area (Å²) in [5.74, 6) is 1.18. The van der Waals surface area contributed by atoms with Crippen molar-refractivity contribution in [2.45, 2.75) is 13.3 Å². The van der Waals surface area contributed by atoms with Crippen molar-refractivity contribution >= 4 is 17.3 Å². The lowest BCUT2D eigenvalue weighted by Gasteiger charge is -2.09. The lowest BCUT2D eigenvalue weighted by molar-refractivity contribution is 1.13. The third-order valence-electron chi connectivity index (χ3n) is 2.35. The molecule has 0 aliphatic rings. The smallest absolute Gasteiger partial charge is 0.135 e. The quantitative estimate of drug-likeness (QED) is 0.823. The Morgan fingerprint density at radius 1 is 1.25 bits per heavy atom. The Bertz CT molecular complexity index is 482. The second-order valence-electron chi connectivity index (χ2n) is 3.46. The Labute approximate surface area is 94.5 Å². The van der Waals surface area contributed by atoms with Gasteiger partial charge in [-0.3, -0.25) is 0 Å². The summed E-state index contributed by atoms with van der Waals surface area (Å²) < 4.78 is 0. The van der Waals surface area contributed by atoms with Gasteiger partial charge in [-0.25, -0.2) is 9.97 Å². The van der Waals surface area contributed by atoms with E-state index in [2.05, 4.69) is 28.3 Å². The molecule has 2 rings (SSSR count). The second-order valence-corrected chi connectivity index (χ2v) is 3.46. The van der Waals surface area contributed by atoms with Crippen LogP contribution in [0.2, 0.25) is 0 Å². The molecule has 0 amide bonds. The van der Waals surface area contributed by atoms with Crippen LogP contribution in [0.1, 0.15) is 12.5 Å². The molecule has 0 bridgehead atoms. The number of nitrogens with two attached hydrogens (primary N) is 1. The van der Waals surface area contributed by atoms with Gasteiger partial charge >= 0.3 is 0 Å². The van der Waals surface area contributed by atoms with Crippen LogP contribution in [0.25, 0.3) is 0 Å². The van der Waals surface area contributed by atoms with Gasteiger partial charge in [0.15, 0.2) is 0 Å². The molecule has 0 saturated heterocycles. The molecule has 16 heavy (non-hydrogen) atoms. The number of hydrogen-bond acceptors (Lipinski definition) is 4. The zero-order valence-electron chi connectivity index (χ0n) is 9.14. The summed E-state index contributed by atoms with van der Waals surface area (Å²) in [6.45, 7) is 2.12. The number of rotatable bonds is 3. The summed E-state index contributed by atoms with van der Waals surface area (Å²) in [7, 11) is 0. The first kappa shape index (κ1) is 10.4. The van der Waals surface area contributed by atoms with Crippen LogP contribution in [0.15, 0.2) is 36.7 Å². The number of aryl methyl sites for hydroxylation is 1. The zero-order chi connectivity index (χ0) is 11.4. The van der Waals surface area contributed by atoms with Crippen LogP contribution in [0.5, 0.6) is 0 Å². The van der Waals surface area contributed by atoms with Crippen molar-refractivity contribution < 1.29 is 0 Å². The fraction of sp³-hybridized carbons (Fsp3) is 0.167. The molecule has 0 spiro atoms. The summed E-state index contributed by atoms with van der Waals surface area (Å²) >= 11 is 0. The van der Waals surface area contributed by atoms with Gasteiger partial charge in [-0.05, 0) is 18.1 Å². The molecule has 1 aromatic heterocycles. The van der Waals surface area contributed by atoms with Gasteiger partial charge in [0.05, 0.1) is 0 Å². The normalized spacial score (nSPS) is 10.1. The van der Waals surface area contributed by atoms with Crippen LogP contribution >= 0.6 is 0 Å². The minimum Gasteiger partial charge on any atom is -0.384 e. The first-order valence-corrected chi connectivity index (χ1v) is 5.22. The molecule has 82 valence electrons. The largest absolute Gasteiger partial charge is 0.384 e. The fourth-order valence-electron chi connectivity index (χ4n) is 1.53. The molecule has 0 atom stereocenters. The number of nitrogens with one attached hydrogen (secondary N) is 1. The van der Waals surface area contributed by atoms with Gasteiger partial charge in [0.1, 0.15) is 18.0 Å². The van der Waals surface area contributed by atoms with E-state index < -0.39 is 0 Å². The molecule has 0 aliphatic heterocycles. The molecule has 0 unspecified atom stereocenters. The highest BCUT2D eigenvalue weighted by atomic mass is 15.0. The molecular formula is C12H14N4. The zero-order valence-corrected chi connectivity index (χ0v) is 9.14. The van der Waals surface area contributed by atoms with E-state index in [4.69, 9.17) is 5.73 Å². The summed E-state index contributed by atoms with van der Waals surface area (Å²) in [5.41, 5.74) is 7.90. The predicted molar refractivity (Wildman–Crippen MR) is 65.5 cm³/mol. The highest BCUT2D eigenvalue weighted by Crippen LogP contribution is 2.20. The number of nitrogens with zero attached hydrogens (tertiary/aromatic N) is 2. The van der Waals surface area contributed by atoms with Crippen molar-refractivity contribution in [3.8, 4) is 0 Å². The number of benzene rings is 1. The Morgan fingerprint density at radius 3 is 2.81 bits per heavy atom. The second kappa shape index (κ2) is 4.61. The standard InChI is InChI=1S/C12H14N4/c1-2-9-5-3-4-6-10(9)16-12-7-11(13)14-8-15-12/h3-8H,2H2,1H3,(H3,13,14,15,16). The molecule has 0 aliphatic carbocycles. The SMILES string of the molecule is CCc1ccccc1Nc1cc(N)ncn1. The van der Waals surface area contributed by atoms with Crippen LogP contribution in [-0.4, -0.2) is 9.97 Å². The average molecular weight is 214 g/mol. The minimum absolute atomic E-state index is 0.464. The van der Waals surface area contributed by atoms with Crippen LogP contribution in [0.3, 0.4) is 0 Å². The minimum atomic E-state index is 0.464. The maximum absolute atomic E-state index is 5.59. The average Bonchev–Trinajstić information content (AvgIpc) is 2.30. The molecule has 1 aromatic carbocycles. The first-order chi connectivity index (χ1) is 7.79. The topological polar surface area (TPSA) is 63.8 Å². The first-order valence-electron chi connectivity index (χ1n) is 5.22. The lowest BCUT2D eigenvalue weighted by atomic mass is 10.1. The molecule has 4 nitrogen and oxygen atoms in total. The molecule has 1 heterocycles. The number of nitrogen functional groups attached to an aromatic ring is 1. The Morgan fingerprint density at radius 2 is 2.06 bits per heavy atom. The van der Waals surface area contributed by atoms with Crippen LogP contribution in [-0.2, 0) is 6.42 Å². The molecular weight excluding hydrogens is 200 g/mol. The Kier molecular flexibility index (Phi) is 3.00. The molecule has 4 heteroatoms. The molecule has 3 N–H and O–H groups in total. The van der Waals surface area contributed by atoms with E-state index in [1.807, 2.05) is 18.2 Å². The third-order valence-corrected chi connectivity index (χ3v) is 2.35. The summed E-state index contributed by atoms with van der Waals surface area (Å²) in [6.07, 6.45) is 2.43. The van der Waals surface area contributed by atoms with Gasteiger partial charge in [-0.2, -0.15) is 0 Å². The van der Waals surface area contributed by atoms with E-state index in [1.165, 1.54) is 11.9 Å². The van der Waals surface area contributed by atoms with E-state index in [-0.39, 0.29) is 0 Å². The van der Waals surface area contributed by atoms with Crippen molar-refractivity contribution in [2.75, 3.05) is 11.1 Å². The molecule has 2 aromatic rings. The van der Waals surface area contributed by atoms with Gasteiger partial charge < -0.3 is 11.1 Å². The van der Waals surface area contributed by atoms with Gasteiger partial charge in [-0.1, -0.05) is 25.1 Å². The van der Waals surface area contributed by atoms with E-state index in [1.54, 1.807) is 6.07 Å². The lowest BCUT2D eigenvalue weighted by Crippen LogP contribution is -1.99. The number of aromatic nitrogens is 2. The third kappa shape index (κ3) is 2.28. The highest BCUT2D eigenvalue weighted by Gasteiger charge is 2.01. The van der Waals surface area contributed by atoms with Crippen LogP contribution in [0, 0.1) is 0 Å². The Balaban J connectivity index is 2.26. The number of para-hydroxylation sites is 1. The summed E-state index contributed by atoms with van der Waals surface area (Å²) in [6, 6.07) is 9.85. The van der Waals surface area contributed by atoms with E-state index >= 15 is 0 Å². The van der Waals surface area contributed by atoms with Gasteiger partial charge in [0, 0.05) is 11.8 Å². The molecule has 0 saturated carbocycles. The van der Waals surface area contributed by atoms with E-state index in [0.29, 0.717) is 11.6 Å². The van der Waals surface area contributed by atoms with Crippen LogP contribution < -0.4 is 11.1 Å². The molecule has 0 radical (unpaired) electrons. The predicted octanol–water partition coefficient (Wildman–Crippen LogP) is 2.36. The summed E-state index contributed by atoms with van der Waals surface area (Å²) in [5, 5.41) is 3.23. The Hall–Kier alpha value is -2.10. The monoisotopic (exact) mass is 214 g/mol. The molecule has 0 fully saturated rings. The maximum atomic E-state index is 5.59. The van der Waals surface area contributed by atoms with E-state index in [9.17, 15) is 0 Å². The van der Waals surface area contributed by atoms with Gasteiger partial charge in [0.25, 0.3) is 0 Å². The highest BCUT2D eigenvalue weighted by molar-refractivity contribution is 5.61. The van der Waals surface area contributed by atoms with Crippen molar-refractivity contribution in [2.24, 2.45) is 0 Å². The van der Waals surface area contributed by atoms with Crippen molar-refractivity contribution in [3.63, 3.8) is 0 Å². The van der Waals surface area contributed by atoms with Crippen molar-refractivity contribution in [3.05, 3.63) is 42.2 Å².